The Balaban J connectivity index is 1.81. The van der Waals surface area contributed by atoms with Gasteiger partial charge >= 0.3 is 6.18 Å². The Labute approximate surface area is 240 Å². The van der Waals surface area contributed by atoms with Crippen LogP contribution in [0, 0.1) is 13.8 Å². The summed E-state index contributed by atoms with van der Waals surface area (Å²) in [4.78, 5) is 21.8. The van der Waals surface area contributed by atoms with Crippen LogP contribution in [0.3, 0.4) is 0 Å². The van der Waals surface area contributed by atoms with Crippen LogP contribution in [0.25, 0.3) is 39.4 Å². The number of hydrogen-bond acceptors (Lipinski definition) is 6. The fourth-order valence-electron chi connectivity index (χ4n) is 4.76. The van der Waals surface area contributed by atoms with Crippen LogP contribution in [0.5, 0.6) is 0 Å². The van der Waals surface area contributed by atoms with Crippen molar-refractivity contribution in [3.05, 3.63) is 94.8 Å². The number of benzene rings is 2. The van der Waals surface area contributed by atoms with E-state index in [1.807, 2.05) is 13.8 Å². The molecule has 5 rings (SSSR count). The highest BCUT2D eigenvalue weighted by Crippen LogP contribution is 2.39. The van der Waals surface area contributed by atoms with E-state index in [2.05, 4.69) is 9.97 Å². The molecule has 5 aromatic rings. The number of sulfone groups is 1. The predicted octanol–water partition coefficient (Wildman–Crippen LogP) is 6.64. The minimum Gasteiger partial charge on any atom is -0.440 e. The van der Waals surface area contributed by atoms with Gasteiger partial charge in [-0.05, 0) is 68.3 Å². The second-order valence-electron chi connectivity index (χ2n) is 10.2. The lowest BCUT2D eigenvalue weighted by Crippen LogP contribution is -2.22. The SMILES string of the molecule is Cc1nc(-c2cc(-c3cccc(S(C)(=O)=O)c3)ccc2-n2cc(C(F)(F)F)nc2C)c(-c2cccn(C(C)C)c2=O)o1. The molecular weight excluding hydrogens is 569 g/mol. The van der Waals surface area contributed by atoms with E-state index in [9.17, 15) is 26.4 Å². The molecule has 8 nitrogen and oxygen atoms in total. The monoisotopic (exact) mass is 596 g/mol. The zero-order valence-electron chi connectivity index (χ0n) is 23.4. The average molecular weight is 597 g/mol. The topological polar surface area (TPSA) is 100.0 Å². The smallest absolute Gasteiger partial charge is 0.434 e. The zero-order valence-corrected chi connectivity index (χ0v) is 24.2. The Morgan fingerprint density at radius 3 is 2.29 bits per heavy atom. The third kappa shape index (κ3) is 5.41. The van der Waals surface area contributed by atoms with Crippen molar-refractivity contribution in [2.24, 2.45) is 0 Å². The number of aryl methyl sites for hydroxylation is 2. The van der Waals surface area contributed by atoms with Gasteiger partial charge < -0.3 is 13.6 Å². The number of imidazole rings is 1. The molecule has 2 aromatic carbocycles. The molecule has 0 unspecified atom stereocenters. The standard InChI is InChI=1S/C30H27F3N4O4S/c1-17(2)36-13-7-10-23(29(36)38)28-27(35-19(4)41-28)24-15-21(20-8-6-9-22(14-20)42(5,39)40)11-12-25(24)37-16-26(30(31,32)33)34-18(37)3/h6-17H,1-5H3. The van der Waals surface area contributed by atoms with Gasteiger partial charge in [0.15, 0.2) is 27.2 Å². The van der Waals surface area contributed by atoms with Crippen LogP contribution in [-0.4, -0.2) is 33.8 Å². The molecule has 0 amide bonds. The first-order valence-electron chi connectivity index (χ1n) is 12.9. The van der Waals surface area contributed by atoms with Gasteiger partial charge in [-0.3, -0.25) is 4.79 Å². The molecule has 0 N–H and O–H groups in total. The van der Waals surface area contributed by atoms with E-state index in [0.717, 1.165) is 12.5 Å². The van der Waals surface area contributed by atoms with E-state index in [0.29, 0.717) is 22.4 Å². The molecule has 0 bridgehead atoms. The van der Waals surface area contributed by atoms with Crippen molar-refractivity contribution in [2.75, 3.05) is 6.26 Å². The zero-order chi connectivity index (χ0) is 30.6. The van der Waals surface area contributed by atoms with Crippen LogP contribution in [0.1, 0.15) is 37.3 Å². The van der Waals surface area contributed by atoms with Gasteiger partial charge in [-0.25, -0.2) is 18.4 Å². The summed E-state index contributed by atoms with van der Waals surface area (Å²) in [6, 6.07) is 14.5. The molecule has 0 saturated carbocycles. The molecule has 0 aliphatic carbocycles. The summed E-state index contributed by atoms with van der Waals surface area (Å²) in [6.07, 6.45) is -0.995. The maximum atomic E-state index is 13.6. The van der Waals surface area contributed by atoms with Crippen molar-refractivity contribution in [3.63, 3.8) is 0 Å². The van der Waals surface area contributed by atoms with Crippen molar-refractivity contribution < 1.29 is 26.0 Å². The molecule has 0 spiro atoms. The summed E-state index contributed by atoms with van der Waals surface area (Å²) < 4.78 is 74.0. The van der Waals surface area contributed by atoms with Crippen molar-refractivity contribution in [2.45, 2.75) is 44.8 Å². The molecule has 3 heterocycles. The number of halogens is 3. The van der Waals surface area contributed by atoms with E-state index in [-0.39, 0.29) is 45.2 Å². The molecule has 3 aromatic heterocycles. The number of nitrogens with zero attached hydrogens (tertiary/aromatic N) is 4. The summed E-state index contributed by atoms with van der Waals surface area (Å²) >= 11 is 0. The second kappa shape index (κ2) is 10.4. The molecule has 218 valence electrons. The van der Waals surface area contributed by atoms with Crippen LogP contribution in [0.2, 0.25) is 0 Å². The lowest BCUT2D eigenvalue weighted by atomic mass is 9.98. The van der Waals surface area contributed by atoms with Gasteiger partial charge in [0.25, 0.3) is 5.56 Å². The summed E-state index contributed by atoms with van der Waals surface area (Å²) in [6.45, 7) is 6.80. The molecule has 42 heavy (non-hydrogen) atoms. The Morgan fingerprint density at radius 1 is 0.929 bits per heavy atom. The van der Waals surface area contributed by atoms with E-state index < -0.39 is 21.7 Å². The number of alkyl halides is 3. The molecule has 0 saturated heterocycles. The Bertz CT molecular complexity index is 1990. The maximum absolute atomic E-state index is 13.6. The Kier molecular flexibility index (Phi) is 7.22. The van der Waals surface area contributed by atoms with Crippen LogP contribution in [-0.2, 0) is 16.0 Å². The third-order valence-electron chi connectivity index (χ3n) is 6.79. The van der Waals surface area contributed by atoms with E-state index in [1.54, 1.807) is 60.2 Å². The van der Waals surface area contributed by atoms with Crippen molar-refractivity contribution in [1.82, 2.24) is 19.1 Å². The summed E-state index contributed by atoms with van der Waals surface area (Å²) in [5, 5.41) is 0. The summed E-state index contributed by atoms with van der Waals surface area (Å²) in [5.41, 5.74) is 0.905. The first kappa shape index (κ1) is 29.1. The first-order chi connectivity index (χ1) is 19.6. The largest absolute Gasteiger partial charge is 0.440 e. The van der Waals surface area contributed by atoms with Gasteiger partial charge in [0.05, 0.1) is 16.1 Å². The Morgan fingerprint density at radius 2 is 1.64 bits per heavy atom. The molecular formula is C30H27F3N4O4S. The van der Waals surface area contributed by atoms with Gasteiger partial charge in [-0.1, -0.05) is 18.2 Å². The average Bonchev–Trinajstić information content (AvgIpc) is 3.50. The number of aromatic nitrogens is 4. The fourth-order valence-corrected chi connectivity index (χ4v) is 5.42. The number of oxazole rings is 1. The van der Waals surface area contributed by atoms with Crippen molar-refractivity contribution in [1.29, 1.82) is 0 Å². The first-order valence-corrected chi connectivity index (χ1v) is 14.8. The van der Waals surface area contributed by atoms with Crippen LogP contribution >= 0.6 is 0 Å². The van der Waals surface area contributed by atoms with Crippen LogP contribution < -0.4 is 5.56 Å². The van der Waals surface area contributed by atoms with Crippen molar-refractivity contribution >= 4 is 9.84 Å². The molecule has 0 radical (unpaired) electrons. The molecule has 0 aliphatic rings. The summed E-state index contributed by atoms with van der Waals surface area (Å²) in [7, 11) is -3.50. The van der Waals surface area contributed by atoms with Gasteiger partial charge in [-0.2, -0.15) is 13.2 Å². The summed E-state index contributed by atoms with van der Waals surface area (Å²) in [5.74, 6) is 0.483. The maximum Gasteiger partial charge on any atom is 0.434 e. The number of rotatable bonds is 6. The highest BCUT2D eigenvalue weighted by Gasteiger charge is 2.35. The Hall–Kier alpha value is -4.45. The third-order valence-corrected chi connectivity index (χ3v) is 7.90. The quantitative estimate of drug-likeness (QED) is 0.218. The van der Waals surface area contributed by atoms with Gasteiger partial charge in [0, 0.05) is 37.2 Å². The minimum absolute atomic E-state index is 0.0824. The fraction of sp³-hybridized carbons (Fsp3) is 0.233. The van der Waals surface area contributed by atoms with Crippen LogP contribution in [0.15, 0.2) is 81.1 Å². The molecule has 0 fully saturated rings. The molecule has 0 aliphatic heterocycles. The highest BCUT2D eigenvalue weighted by molar-refractivity contribution is 7.90. The van der Waals surface area contributed by atoms with Gasteiger partial charge in [-0.15, -0.1) is 0 Å². The normalized spacial score (nSPS) is 12.3. The molecule has 0 atom stereocenters. The second-order valence-corrected chi connectivity index (χ2v) is 12.2. The van der Waals surface area contributed by atoms with E-state index in [4.69, 9.17) is 4.42 Å². The lowest BCUT2D eigenvalue weighted by molar-refractivity contribution is -0.141. The number of hydrogen-bond donors (Lipinski definition) is 0. The molecule has 12 heteroatoms. The van der Waals surface area contributed by atoms with E-state index in [1.165, 1.54) is 23.6 Å². The van der Waals surface area contributed by atoms with E-state index >= 15 is 0 Å². The number of pyridine rings is 1. The van der Waals surface area contributed by atoms with Gasteiger partial charge in [0.1, 0.15) is 11.5 Å². The van der Waals surface area contributed by atoms with Gasteiger partial charge in [0.2, 0.25) is 0 Å². The van der Waals surface area contributed by atoms with Crippen molar-refractivity contribution in [3.8, 4) is 39.4 Å². The van der Waals surface area contributed by atoms with Crippen LogP contribution in [0.4, 0.5) is 13.2 Å². The lowest BCUT2D eigenvalue weighted by Gasteiger charge is -2.15. The predicted molar refractivity (Wildman–Crippen MR) is 152 cm³/mol. The highest BCUT2D eigenvalue weighted by atomic mass is 32.2. The minimum atomic E-state index is -4.66.